The number of rotatable bonds is 3. The number of hydrogen-bond acceptors (Lipinski definition) is 5. The number of furan rings is 1. The zero-order valence-corrected chi connectivity index (χ0v) is 8.36. The zero-order chi connectivity index (χ0) is 10.9. The van der Waals surface area contributed by atoms with Crippen LogP contribution in [-0.4, -0.2) is 32.0 Å². The van der Waals surface area contributed by atoms with E-state index in [1.165, 1.54) is 18.6 Å². The summed E-state index contributed by atoms with van der Waals surface area (Å²) in [5.74, 6) is 0. The lowest BCUT2D eigenvalue weighted by Crippen LogP contribution is -2.36. The van der Waals surface area contributed by atoms with Gasteiger partial charge in [0.05, 0.1) is 18.5 Å². The third kappa shape index (κ3) is 1.89. The molecule has 0 saturated carbocycles. The number of ether oxygens (including phenoxy) is 1. The first-order valence-electron chi connectivity index (χ1n) is 4.09. The second-order valence-electron chi connectivity index (χ2n) is 2.81. The van der Waals surface area contributed by atoms with Crippen LogP contribution in [0.4, 0.5) is 10.5 Å². The highest BCUT2D eigenvalue weighted by molar-refractivity contribution is 7.90. The third-order valence-electron chi connectivity index (χ3n) is 1.78. The molecular weight excluding hydrogens is 224 g/mol. The highest BCUT2D eigenvalue weighted by Crippen LogP contribution is 2.15. The van der Waals surface area contributed by atoms with Gasteiger partial charge in [-0.15, -0.1) is 0 Å². The fourth-order valence-electron chi connectivity index (χ4n) is 1.12. The lowest BCUT2D eigenvalue weighted by atomic mass is 10.6. The molecule has 1 amide bonds. The number of anilines is 1. The SMILES string of the molecule is O=C1OCCN1S(=O)(=O)Nc1ccoc1. The van der Waals surface area contributed by atoms with Gasteiger partial charge in [-0.05, 0) is 0 Å². The number of amides is 1. The van der Waals surface area contributed by atoms with E-state index in [0.29, 0.717) is 4.31 Å². The second kappa shape index (κ2) is 3.46. The number of nitrogens with one attached hydrogen (secondary N) is 1. The van der Waals surface area contributed by atoms with Gasteiger partial charge in [-0.1, -0.05) is 0 Å². The van der Waals surface area contributed by atoms with Crippen molar-refractivity contribution < 1.29 is 22.4 Å². The first-order chi connectivity index (χ1) is 7.09. The summed E-state index contributed by atoms with van der Waals surface area (Å²) in [6, 6.07) is 1.43. The van der Waals surface area contributed by atoms with Gasteiger partial charge in [0.15, 0.2) is 0 Å². The minimum Gasteiger partial charge on any atom is -0.470 e. The molecule has 0 bridgehead atoms. The molecule has 0 spiro atoms. The Morgan fingerprint density at radius 1 is 1.47 bits per heavy atom. The van der Waals surface area contributed by atoms with Gasteiger partial charge in [0.2, 0.25) is 0 Å². The molecule has 1 N–H and O–H groups in total. The van der Waals surface area contributed by atoms with E-state index in [1.54, 1.807) is 0 Å². The molecule has 0 atom stereocenters. The summed E-state index contributed by atoms with van der Waals surface area (Å²) < 4.78 is 35.2. The highest BCUT2D eigenvalue weighted by Gasteiger charge is 2.33. The van der Waals surface area contributed by atoms with Gasteiger partial charge in [-0.2, -0.15) is 12.7 Å². The highest BCUT2D eigenvalue weighted by atomic mass is 32.2. The molecule has 0 aromatic carbocycles. The smallest absolute Gasteiger partial charge is 0.425 e. The van der Waals surface area contributed by atoms with Crippen molar-refractivity contribution in [2.24, 2.45) is 0 Å². The number of nitrogens with zero attached hydrogens (tertiary/aromatic N) is 1. The summed E-state index contributed by atoms with van der Waals surface area (Å²) >= 11 is 0. The Morgan fingerprint density at radius 3 is 2.80 bits per heavy atom. The summed E-state index contributed by atoms with van der Waals surface area (Å²) in [6.07, 6.45) is 1.67. The van der Waals surface area contributed by atoms with Crippen LogP contribution in [0.5, 0.6) is 0 Å². The van der Waals surface area contributed by atoms with Crippen LogP contribution in [0.25, 0.3) is 0 Å². The molecule has 15 heavy (non-hydrogen) atoms. The average molecular weight is 232 g/mol. The molecule has 2 rings (SSSR count). The molecule has 7 nitrogen and oxygen atoms in total. The molecule has 1 aromatic rings. The van der Waals surface area contributed by atoms with Gasteiger partial charge in [0, 0.05) is 6.07 Å². The molecule has 8 heteroatoms. The molecule has 0 aliphatic carbocycles. The molecule has 1 aromatic heterocycles. The van der Waals surface area contributed by atoms with Crippen LogP contribution in [-0.2, 0) is 14.9 Å². The molecule has 2 heterocycles. The van der Waals surface area contributed by atoms with Crippen molar-refractivity contribution in [1.29, 1.82) is 0 Å². The fraction of sp³-hybridized carbons (Fsp3) is 0.286. The number of carbonyl (C=O) groups is 1. The molecule has 1 fully saturated rings. The summed E-state index contributed by atoms with van der Waals surface area (Å²) in [5.41, 5.74) is 0.259. The van der Waals surface area contributed by atoms with E-state index in [9.17, 15) is 13.2 Å². The van der Waals surface area contributed by atoms with Crippen molar-refractivity contribution in [2.75, 3.05) is 17.9 Å². The Balaban J connectivity index is 2.17. The standard InChI is InChI=1S/C7H8N2O5S/c10-7-9(2-4-14-7)15(11,12)8-6-1-3-13-5-6/h1,3,5,8H,2,4H2. The van der Waals surface area contributed by atoms with Crippen molar-refractivity contribution in [3.63, 3.8) is 0 Å². The Bertz CT molecular complexity index is 452. The van der Waals surface area contributed by atoms with Crippen molar-refractivity contribution in [1.82, 2.24) is 4.31 Å². The number of carbonyl (C=O) groups excluding carboxylic acids is 1. The van der Waals surface area contributed by atoms with Gasteiger partial charge in [-0.25, -0.2) is 4.79 Å². The first-order valence-corrected chi connectivity index (χ1v) is 5.53. The maximum Gasteiger partial charge on any atom is 0.425 e. The molecule has 1 aliphatic heterocycles. The molecule has 1 aliphatic rings. The van der Waals surface area contributed by atoms with Crippen molar-refractivity contribution in [2.45, 2.75) is 0 Å². The van der Waals surface area contributed by atoms with Crippen LogP contribution in [0, 0.1) is 0 Å². The predicted octanol–water partition coefficient (Wildman–Crippen LogP) is 0.389. The summed E-state index contributed by atoms with van der Waals surface area (Å²) in [4.78, 5) is 11.0. The van der Waals surface area contributed by atoms with Crippen molar-refractivity contribution >= 4 is 22.0 Å². The van der Waals surface area contributed by atoms with Crippen LogP contribution in [0.3, 0.4) is 0 Å². The average Bonchev–Trinajstić information content (AvgIpc) is 2.75. The predicted molar refractivity (Wildman–Crippen MR) is 49.3 cm³/mol. The molecule has 82 valence electrons. The van der Waals surface area contributed by atoms with Crippen LogP contribution < -0.4 is 4.72 Å². The quantitative estimate of drug-likeness (QED) is 0.814. The lowest BCUT2D eigenvalue weighted by Gasteiger charge is -2.13. The van der Waals surface area contributed by atoms with Crippen LogP contribution in [0.1, 0.15) is 0 Å². The van der Waals surface area contributed by atoms with Gasteiger partial charge < -0.3 is 9.15 Å². The molecule has 0 radical (unpaired) electrons. The van der Waals surface area contributed by atoms with Gasteiger partial charge >= 0.3 is 16.3 Å². The number of hydrogen-bond donors (Lipinski definition) is 1. The van der Waals surface area contributed by atoms with Gasteiger partial charge in [0.1, 0.15) is 12.9 Å². The Labute approximate surface area is 85.8 Å². The molecule has 1 saturated heterocycles. The minimum atomic E-state index is -3.88. The van der Waals surface area contributed by atoms with E-state index >= 15 is 0 Å². The molecule has 0 unspecified atom stereocenters. The minimum absolute atomic E-state index is 0.0199. The molecular formula is C7H8N2O5S. The van der Waals surface area contributed by atoms with Crippen LogP contribution in [0.2, 0.25) is 0 Å². The monoisotopic (exact) mass is 232 g/mol. The number of cyclic esters (lactones) is 1. The third-order valence-corrected chi connectivity index (χ3v) is 3.19. The maximum absolute atomic E-state index is 11.6. The fourth-order valence-corrected chi connectivity index (χ4v) is 2.21. The normalized spacial score (nSPS) is 16.5. The van der Waals surface area contributed by atoms with E-state index in [0.717, 1.165) is 0 Å². The van der Waals surface area contributed by atoms with E-state index in [4.69, 9.17) is 0 Å². The lowest BCUT2D eigenvalue weighted by molar-refractivity contribution is 0.170. The van der Waals surface area contributed by atoms with E-state index in [1.807, 2.05) is 0 Å². The summed E-state index contributed by atoms with van der Waals surface area (Å²) in [5, 5.41) is 0. The summed E-state index contributed by atoms with van der Waals surface area (Å²) in [6.45, 7) is 0.0944. The van der Waals surface area contributed by atoms with Gasteiger partial charge in [0.25, 0.3) is 0 Å². The zero-order valence-electron chi connectivity index (χ0n) is 7.54. The van der Waals surface area contributed by atoms with E-state index < -0.39 is 16.3 Å². The second-order valence-corrected chi connectivity index (χ2v) is 4.40. The Kier molecular flexibility index (Phi) is 2.27. The largest absolute Gasteiger partial charge is 0.470 e. The van der Waals surface area contributed by atoms with Crippen LogP contribution in [0.15, 0.2) is 23.0 Å². The Morgan fingerprint density at radius 2 is 2.27 bits per heavy atom. The van der Waals surface area contributed by atoms with Crippen LogP contribution >= 0.6 is 0 Å². The topological polar surface area (TPSA) is 88.8 Å². The van der Waals surface area contributed by atoms with Crippen molar-refractivity contribution in [3.8, 4) is 0 Å². The maximum atomic E-state index is 11.6. The Hall–Kier alpha value is -1.70. The summed E-state index contributed by atoms with van der Waals surface area (Å²) in [7, 11) is -3.88. The van der Waals surface area contributed by atoms with Crippen molar-refractivity contribution in [3.05, 3.63) is 18.6 Å². The first kappa shape index (κ1) is 9.84. The van der Waals surface area contributed by atoms with Gasteiger partial charge in [-0.3, -0.25) is 4.72 Å². The van der Waals surface area contributed by atoms with E-state index in [2.05, 4.69) is 13.9 Å². The van der Waals surface area contributed by atoms with E-state index in [-0.39, 0.29) is 18.8 Å².